The molecule has 0 saturated heterocycles. The van der Waals surface area contributed by atoms with Gasteiger partial charge in [-0.05, 0) is 37.0 Å². The summed E-state index contributed by atoms with van der Waals surface area (Å²) in [5, 5.41) is 22.4. The molecule has 2 N–H and O–H groups in total. The van der Waals surface area contributed by atoms with Crippen LogP contribution in [0.5, 0.6) is 5.88 Å². The first kappa shape index (κ1) is 15.3. The van der Waals surface area contributed by atoms with E-state index in [1.165, 1.54) is 7.11 Å². The smallest absolute Gasteiger partial charge is 0.233 e. The molecular weight excluding hydrogens is 292 g/mol. The number of pyridine rings is 2. The molecule has 1 unspecified atom stereocenters. The second-order valence-corrected chi connectivity index (χ2v) is 5.62. The molecule has 1 fully saturated rings. The number of methoxy groups -OCH3 is 1. The number of anilines is 1. The van der Waals surface area contributed by atoms with Gasteiger partial charge in [0.25, 0.3) is 0 Å². The zero-order valence-electron chi connectivity index (χ0n) is 12.8. The molecule has 2 aromatic rings. The van der Waals surface area contributed by atoms with Crippen LogP contribution >= 0.6 is 0 Å². The van der Waals surface area contributed by atoms with Crippen LogP contribution in [0.2, 0.25) is 0 Å². The number of nitrogens with zero attached hydrogens (tertiary/aromatic N) is 3. The van der Waals surface area contributed by atoms with Crippen molar-refractivity contribution in [3.05, 3.63) is 47.9 Å². The molecule has 3 rings (SSSR count). The van der Waals surface area contributed by atoms with Crippen molar-refractivity contribution in [2.45, 2.75) is 25.0 Å². The molecule has 0 aliphatic heterocycles. The summed E-state index contributed by atoms with van der Waals surface area (Å²) in [6, 6.07) is 9.57. The van der Waals surface area contributed by atoms with Crippen molar-refractivity contribution in [2.24, 2.45) is 5.92 Å². The molecule has 1 aliphatic carbocycles. The summed E-state index contributed by atoms with van der Waals surface area (Å²) in [7, 11) is 1.49. The molecule has 0 amide bonds. The highest BCUT2D eigenvalue weighted by Gasteiger charge is 2.36. The average molecular weight is 310 g/mol. The van der Waals surface area contributed by atoms with Gasteiger partial charge in [-0.1, -0.05) is 6.07 Å². The van der Waals surface area contributed by atoms with Crippen molar-refractivity contribution in [2.75, 3.05) is 12.4 Å². The van der Waals surface area contributed by atoms with Gasteiger partial charge in [-0.25, -0.2) is 4.98 Å². The van der Waals surface area contributed by atoms with E-state index in [4.69, 9.17) is 4.74 Å². The fourth-order valence-electron chi connectivity index (χ4n) is 2.89. The van der Waals surface area contributed by atoms with Crippen molar-refractivity contribution in [1.29, 1.82) is 5.26 Å². The number of hydrogen-bond donors (Lipinski definition) is 2. The quantitative estimate of drug-likeness (QED) is 0.880. The Balaban J connectivity index is 1.92. The Labute approximate surface area is 134 Å². The molecule has 1 saturated carbocycles. The van der Waals surface area contributed by atoms with Gasteiger partial charge in [-0.15, -0.1) is 0 Å². The predicted octanol–water partition coefficient (Wildman–Crippen LogP) is 2.28. The van der Waals surface area contributed by atoms with Crippen LogP contribution in [0.15, 0.2) is 36.7 Å². The summed E-state index contributed by atoms with van der Waals surface area (Å²) in [5.41, 5.74) is 1.93. The molecule has 1 aliphatic rings. The van der Waals surface area contributed by atoms with Crippen LogP contribution < -0.4 is 10.1 Å². The van der Waals surface area contributed by atoms with Crippen LogP contribution in [0.25, 0.3) is 0 Å². The van der Waals surface area contributed by atoms with Crippen LogP contribution in [-0.4, -0.2) is 28.3 Å². The van der Waals surface area contributed by atoms with Crippen LogP contribution in [0, 0.1) is 17.2 Å². The first-order valence-electron chi connectivity index (χ1n) is 7.51. The SMILES string of the molecule is COc1nccc(NC(c2ccccn2)C2CC(O)C2)c1C#N. The molecular formula is C17H18N4O2. The Hall–Kier alpha value is -2.65. The monoisotopic (exact) mass is 310 g/mol. The van der Waals surface area contributed by atoms with E-state index >= 15 is 0 Å². The number of ether oxygens (including phenoxy) is 1. The minimum Gasteiger partial charge on any atom is -0.480 e. The number of aliphatic hydroxyl groups is 1. The maximum atomic E-state index is 9.63. The molecule has 23 heavy (non-hydrogen) atoms. The van der Waals surface area contributed by atoms with Crippen molar-refractivity contribution in [1.82, 2.24) is 9.97 Å². The van der Waals surface area contributed by atoms with Crippen LogP contribution in [0.3, 0.4) is 0 Å². The largest absolute Gasteiger partial charge is 0.480 e. The highest BCUT2D eigenvalue weighted by molar-refractivity contribution is 5.62. The van der Waals surface area contributed by atoms with Crippen molar-refractivity contribution in [3.8, 4) is 11.9 Å². The van der Waals surface area contributed by atoms with E-state index in [1.807, 2.05) is 18.2 Å². The van der Waals surface area contributed by atoms with Crippen molar-refractivity contribution in [3.63, 3.8) is 0 Å². The number of nitriles is 1. The second-order valence-electron chi connectivity index (χ2n) is 5.62. The lowest BCUT2D eigenvalue weighted by Crippen LogP contribution is -2.36. The Morgan fingerprint density at radius 1 is 1.30 bits per heavy atom. The summed E-state index contributed by atoms with van der Waals surface area (Å²) in [5.74, 6) is 0.566. The number of rotatable bonds is 5. The standard InChI is InChI=1S/C17H18N4O2/c1-23-17-13(10-18)14(5-7-20-17)21-16(11-8-12(22)9-11)15-4-2-3-6-19-15/h2-7,11-12,16,22H,8-9H2,1H3,(H,20,21). The minimum absolute atomic E-state index is 0.0705. The summed E-state index contributed by atoms with van der Waals surface area (Å²) < 4.78 is 5.15. The topological polar surface area (TPSA) is 91.1 Å². The molecule has 6 heteroatoms. The Bertz CT molecular complexity index is 708. The van der Waals surface area contributed by atoms with Crippen molar-refractivity contribution >= 4 is 5.69 Å². The summed E-state index contributed by atoms with van der Waals surface area (Å²) >= 11 is 0. The van der Waals surface area contributed by atoms with E-state index in [9.17, 15) is 10.4 Å². The molecule has 118 valence electrons. The number of aromatic nitrogens is 2. The van der Waals surface area contributed by atoms with Gasteiger partial charge in [0.05, 0.1) is 30.6 Å². The fourth-order valence-corrected chi connectivity index (χ4v) is 2.89. The molecule has 0 radical (unpaired) electrons. The zero-order chi connectivity index (χ0) is 16.2. The average Bonchev–Trinajstić information content (AvgIpc) is 2.57. The molecule has 2 aromatic heterocycles. The molecule has 6 nitrogen and oxygen atoms in total. The highest BCUT2D eigenvalue weighted by atomic mass is 16.5. The second kappa shape index (κ2) is 6.63. The van der Waals surface area contributed by atoms with E-state index in [-0.39, 0.29) is 18.1 Å². The maximum Gasteiger partial charge on any atom is 0.233 e. The minimum atomic E-state index is -0.254. The van der Waals surface area contributed by atoms with Gasteiger partial charge in [0.1, 0.15) is 11.6 Å². The molecule has 0 spiro atoms. The van der Waals surface area contributed by atoms with E-state index in [0.717, 1.165) is 18.5 Å². The normalized spacial score (nSPS) is 20.9. The van der Waals surface area contributed by atoms with E-state index < -0.39 is 0 Å². The Morgan fingerprint density at radius 2 is 2.13 bits per heavy atom. The lowest BCUT2D eigenvalue weighted by molar-refractivity contribution is 0.0334. The predicted molar refractivity (Wildman–Crippen MR) is 84.8 cm³/mol. The van der Waals surface area contributed by atoms with E-state index in [1.54, 1.807) is 18.5 Å². The van der Waals surface area contributed by atoms with Gasteiger partial charge >= 0.3 is 0 Å². The molecule has 2 heterocycles. The van der Waals surface area contributed by atoms with Crippen LogP contribution in [0.4, 0.5) is 5.69 Å². The highest BCUT2D eigenvalue weighted by Crippen LogP contribution is 2.40. The third kappa shape index (κ3) is 3.10. The van der Waals surface area contributed by atoms with E-state index in [2.05, 4.69) is 21.4 Å². The number of hydrogen-bond acceptors (Lipinski definition) is 6. The van der Waals surface area contributed by atoms with E-state index in [0.29, 0.717) is 17.1 Å². The molecule has 0 aromatic carbocycles. The Morgan fingerprint density at radius 3 is 2.74 bits per heavy atom. The van der Waals surface area contributed by atoms with Gasteiger partial charge in [0.15, 0.2) is 0 Å². The Kier molecular flexibility index (Phi) is 4.40. The lowest BCUT2D eigenvalue weighted by Gasteiger charge is -2.38. The van der Waals surface area contributed by atoms with Crippen LogP contribution in [0.1, 0.15) is 30.1 Å². The van der Waals surface area contributed by atoms with Crippen LogP contribution in [-0.2, 0) is 0 Å². The van der Waals surface area contributed by atoms with Crippen molar-refractivity contribution < 1.29 is 9.84 Å². The number of nitrogens with one attached hydrogen (secondary N) is 1. The molecule has 1 atom stereocenters. The first-order chi connectivity index (χ1) is 11.2. The first-order valence-corrected chi connectivity index (χ1v) is 7.51. The van der Waals surface area contributed by atoms with Gasteiger partial charge in [-0.2, -0.15) is 5.26 Å². The third-order valence-electron chi connectivity index (χ3n) is 4.16. The fraction of sp³-hybridized carbons (Fsp3) is 0.353. The lowest BCUT2D eigenvalue weighted by atomic mass is 9.76. The zero-order valence-corrected chi connectivity index (χ0v) is 12.8. The third-order valence-corrected chi connectivity index (χ3v) is 4.16. The summed E-state index contributed by atoms with van der Waals surface area (Å²) in [6.07, 6.45) is 4.54. The number of aliphatic hydroxyl groups excluding tert-OH is 1. The van der Waals surface area contributed by atoms with Gasteiger partial charge < -0.3 is 15.2 Å². The van der Waals surface area contributed by atoms with Gasteiger partial charge in [-0.3, -0.25) is 4.98 Å². The summed E-state index contributed by atoms with van der Waals surface area (Å²) in [4.78, 5) is 8.49. The summed E-state index contributed by atoms with van der Waals surface area (Å²) in [6.45, 7) is 0. The molecule has 0 bridgehead atoms. The van der Waals surface area contributed by atoms with Gasteiger partial charge in [0, 0.05) is 12.4 Å². The van der Waals surface area contributed by atoms with Gasteiger partial charge in [0.2, 0.25) is 5.88 Å². The maximum absolute atomic E-state index is 9.63.